The summed E-state index contributed by atoms with van der Waals surface area (Å²) in [6, 6.07) is 10.6. The van der Waals surface area contributed by atoms with Crippen molar-refractivity contribution in [3.8, 4) is 0 Å². The van der Waals surface area contributed by atoms with Crippen LogP contribution in [0.15, 0.2) is 53.1 Å². The Morgan fingerprint density at radius 1 is 1.21 bits per heavy atom. The van der Waals surface area contributed by atoms with Crippen molar-refractivity contribution >= 4 is 61.1 Å². The van der Waals surface area contributed by atoms with Crippen LogP contribution >= 0.6 is 28.1 Å². The summed E-state index contributed by atoms with van der Waals surface area (Å²) in [7, 11) is 2.14. The van der Waals surface area contributed by atoms with Crippen LogP contribution in [0.4, 0.5) is 15.8 Å². The van der Waals surface area contributed by atoms with Gasteiger partial charge in [0.05, 0.1) is 5.69 Å². The first-order valence-corrected chi connectivity index (χ1v) is 10.2. The molecule has 0 amide bonds. The van der Waals surface area contributed by atoms with E-state index < -0.39 is 0 Å². The molecule has 3 N–H and O–H groups in total. The molecule has 0 radical (unpaired) electrons. The Morgan fingerprint density at radius 2 is 2.07 bits per heavy atom. The minimum atomic E-state index is -0.301. The molecular weight excluding hydrogens is 439 g/mol. The minimum absolute atomic E-state index is 0.301. The van der Waals surface area contributed by atoms with Gasteiger partial charge in [0.25, 0.3) is 0 Å². The number of rotatable bonds is 3. The lowest BCUT2D eigenvalue weighted by Gasteiger charge is -2.21. The standard InChI is InChI=1S/C21H20BrFN4S/c1-27-8-6-13(7-9-27)17-12-24-19-5-3-15(11-16(17)19)25-21(28)26-20-4-2-14(23)10-18(20)22/h2-6,10-12,24H,7-9H2,1H3,(H2,25,26,28). The van der Waals surface area contributed by atoms with Gasteiger partial charge in [0, 0.05) is 45.9 Å². The van der Waals surface area contributed by atoms with E-state index in [4.69, 9.17) is 12.2 Å². The number of aromatic amines is 1. The number of hydrogen-bond acceptors (Lipinski definition) is 2. The molecule has 144 valence electrons. The van der Waals surface area contributed by atoms with Crippen LogP contribution in [0.5, 0.6) is 0 Å². The summed E-state index contributed by atoms with van der Waals surface area (Å²) >= 11 is 8.76. The van der Waals surface area contributed by atoms with Crippen LogP contribution in [0.2, 0.25) is 0 Å². The van der Waals surface area contributed by atoms with Crippen molar-refractivity contribution < 1.29 is 4.39 Å². The molecule has 0 saturated heterocycles. The van der Waals surface area contributed by atoms with Crippen molar-refractivity contribution in [1.82, 2.24) is 9.88 Å². The van der Waals surface area contributed by atoms with E-state index in [-0.39, 0.29) is 5.82 Å². The summed E-state index contributed by atoms with van der Waals surface area (Å²) in [6.07, 6.45) is 5.42. The summed E-state index contributed by atoms with van der Waals surface area (Å²) in [6.45, 7) is 2.04. The lowest BCUT2D eigenvalue weighted by Crippen LogP contribution is -2.23. The molecule has 4 rings (SSSR count). The van der Waals surface area contributed by atoms with Gasteiger partial charge in [-0.15, -0.1) is 0 Å². The summed E-state index contributed by atoms with van der Waals surface area (Å²) in [4.78, 5) is 5.67. The highest BCUT2D eigenvalue weighted by atomic mass is 79.9. The Bertz CT molecular complexity index is 1080. The Morgan fingerprint density at radius 3 is 2.82 bits per heavy atom. The van der Waals surface area contributed by atoms with Gasteiger partial charge >= 0.3 is 0 Å². The molecule has 1 aliphatic rings. The molecule has 2 aromatic carbocycles. The molecule has 0 spiro atoms. The van der Waals surface area contributed by atoms with Gasteiger partial charge in [-0.25, -0.2) is 4.39 Å². The van der Waals surface area contributed by atoms with Crippen molar-refractivity contribution in [3.05, 3.63) is 64.5 Å². The number of thiocarbonyl (C=S) groups is 1. The zero-order chi connectivity index (χ0) is 19.7. The van der Waals surface area contributed by atoms with E-state index in [2.05, 4.69) is 61.8 Å². The maximum absolute atomic E-state index is 13.2. The number of nitrogens with zero attached hydrogens (tertiary/aromatic N) is 1. The number of H-pyrrole nitrogens is 1. The van der Waals surface area contributed by atoms with E-state index in [1.165, 1.54) is 28.7 Å². The first-order chi connectivity index (χ1) is 13.5. The maximum Gasteiger partial charge on any atom is 0.175 e. The third-order valence-corrected chi connectivity index (χ3v) is 5.74. The van der Waals surface area contributed by atoms with Crippen molar-refractivity contribution in [2.75, 3.05) is 30.8 Å². The fourth-order valence-electron chi connectivity index (χ4n) is 3.35. The quantitative estimate of drug-likeness (QED) is 0.447. The number of fused-ring (bicyclic) bond motifs is 1. The minimum Gasteiger partial charge on any atom is -0.361 e. The lowest BCUT2D eigenvalue weighted by atomic mass is 9.99. The second-order valence-corrected chi connectivity index (χ2v) is 8.17. The van der Waals surface area contributed by atoms with Gasteiger partial charge in [-0.1, -0.05) is 6.08 Å². The average Bonchev–Trinajstić information content (AvgIpc) is 3.08. The number of likely N-dealkylation sites (N-methyl/N-ethyl adjacent to an activating group) is 1. The van der Waals surface area contributed by atoms with Gasteiger partial charge in [0.15, 0.2) is 5.11 Å². The van der Waals surface area contributed by atoms with Crippen LogP contribution in [-0.2, 0) is 0 Å². The van der Waals surface area contributed by atoms with E-state index >= 15 is 0 Å². The highest BCUT2D eigenvalue weighted by Gasteiger charge is 2.14. The molecule has 0 aliphatic carbocycles. The van der Waals surface area contributed by atoms with Crippen LogP contribution < -0.4 is 10.6 Å². The summed E-state index contributed by atoms with van der Waals surface area (Å²) in [5.74, 6) is -0.301. The number of halogens is 2. The zero-order valence-electron chi connectivity index (χ0n) is 15.4. The Labute approximate surface area is 176 Å². The van der Waals surface area contributed by atoms with E-state index in [1.54, 1.807) is 6.07 Å². The van der Waals surface area contributed by atoms with Crippen LogP contribution in [-0.4, -0.2) is 35.1 Å². The first-order valence-electron chi connectivity index (χ1n) is 9.02. The third-order valence-electron chi connectivity index (χ3n) is 4.88. The monoisotopic (exact) mass is 458 g/mol. The lowest BCUT2D eigenvalue weighted by molar-refractivity contribution is 0.370. The molecule has 0 saturated carbocycles. The Balaban J connectivity index is 1.54. The molecular formula is C21H20BrFN4S. The fraction of sp³-hybridized carbons (Fsp3) is 0.190. The largest absolute Gasteiger partial charge is 0.361 e. The molecule has 2 heterocycles. The highest BCUT2D eigenvalue weighted by Crippen LogP contribution is 2.31. The van der Waals surface area contributed by atoms with Crippen LogP contribution in [0.25, 0.3) is 16.5 Å². The molecule has 28 heavy (non-hydrogen) atoms. The van der Waals surface area contributed by atoms with Gasteiger partial charge in [-0.3, -0.25) is 0 Å². The zero-order valence-corrected chi connectivity index (χ0v) is 17.8. The SMILES string of the molecule is CN1CC=C(c2c[nH]c3ccc(NC(=S)Nc4ccc(F)cc4Br)cc23)CC1. The predicted molar refractivity (Wildman–Crippen MR) is 122 cm³/mol. The summed E-state index contributed by atoms with van der Waals surface area (Å²) in [5.41, 5.74) is 5.32. The molecule has 0 fully saturated rings. The smallest absolute Gasteiger partial charge is 0.175 e. The van der Waals surface area contributed by atoms with Crippen molar-refractivity contribution in [1.29, 1.82) is 0 Å². The average molecular weight is 459 g/mol. The molecule has 0 bridgehead atoms. The molecule has 1 aliphatic heterocycles. The van der Waals surface area contributed by atoms with Crippen LogP contribution in [0, 0.1) is 5.82 Å². The van der Waals surface area contributed by atoms with E-state index in [0.29, 0.717) is 15.3 Å². The molecule has 4 nitrogen and oxygen atoms in total. The second-order valence-electron chi connectivity index (χ2n) is 6.91. The van der Waals surface area contributed by atoms with Crippen molar-refractivity contribution in [2.45, 2.75) is 6.42 Å². The fourth-order valence-corrected chi connectivity index (χ4v) is 4.03. The molecule has 3 aromatic rings. The van der Waals surface area contributed by atoms with Crippen molar-refractivity contribution in [3.63, 3.8) is 0 Å². The van der Waals surface area contributed by atoms with Crippen LogP contribution in [0.3, 0.4) is 0 Å². The van der Waals surface area contributed by atoms with E-state index in [0.717, 1.165) is 30.7 Å². The number of anilines is 2. The number of aromatic nitrogens is 1. The highest BCUT2D eigenvalue weighted by molar-refractivity contribution is 9.10. The van der Waals surface area contributed by atoms with Gasteiger partial charge in [-0.2, -0.15) is 0 Å². The second kappa shape index (κ2) is 8.03. The summed E-state index contributed by atoms with van der Waals surface area (Å²) < 4.78 is 13.9. The molecule has 7 heteroatoms. The van der Waals surface area contributed by atoms with Gasteiger partial charge in [-0.05, 0) is 83.6 Å². The summed E-state index contributed by atoms with van der Waals surface area (Å²) in [5, 5.41) is 7.93. The molecule has 0 atom stereocenters. The van der Waals surface area contributed by atoms with E-state index in [1.807, 2.05) is 12.1 Å². The van der Waals surface area contributed by atoms with Gasteiger partial charge in [0.2, 0.25) is 0 Å². The number of nitrogens with one attached hydrogen (secondary N) is 3. The third kappa shape index (κ3) is 4.11. The van der Waals surface area contributed by atoms with Gasteiger partial charge in [0.1, 0.15) is 5.82 Å². The molecule has 0 unspecified atom stereocenters. The van der Waals surface area contributed by atoms with Gasteiger partial charge < -0.3 is 20.5 Å². The topological polar surface area (TPSA) is 43.1 Å². The maximum atomic E-state index is 13.2. The Hall–Kier alpha value is -2.22. The van der Waals surface area contributed by atoms with Crippen molar-refractivity contribution in [2.24, 2.45) is 0 Å². The number of hydrogen-bond donors (Lipinski definition) is 3. The first kappa shape index (κ1) is 19.1. The number of benzene rings is 2. The predicted octanol–water partition coefficient (Wildman–Crippen LogP) is 5.60. The molecule has 1 aromatic heterocycles. The normalized spacial score (nSPS) is 14.8. The Kier molecular flexibility index (Phi) is 5.48. The van der Waals surface area contributed by atoms with Crippen LogP contribution in [0.1, 0.15) is 12.0 Å². The van der Waals surface area contributed by atoms with E-state index in [9.17, 15) is 4.39 Å².